The topological polar surface area (TPSA) is 29.1 Å². The summed E-state index contributed by atoms with van der Waals surface area (Å²) >= 11 is 5.10. The molecular formula is C11H14ClNO. The summed E-state index contributed by atoms with van der Waals surface area (Å²) in [4.78, 5) is 10.3. The molecule has 0 unspecified atom stereocenters. The maximum Gasteiger partial charge on any atom is 0.245 e. The van der Waals surface area contributed by atoms with Gasteiger partial charge in [-0.3, -0.25) is 4.79 Å². The molecule has 0 saturated heterocycles. The van der Waals surface area contributed by atoms with Crippen LogP contribution in [-0.2, 0) is 4.79 Å². The quantitative estimate of drug-likeness (QED) is 0.601. The monoisotopic (exact) mass is 211 g/mol. The van der Waals surface area contributed by atoms with Crippen molar-refractivity contribution in [1.82, 2.24) is 5.32 Å². The van der Waals surface area contributed by atoms with Crippen molar-refractivity contribution in [1.29, 1.82) is 0 Å². The molecule has 2 nitrogen and oxygen atoms in total. The highest BCUT2D eigenvalue weighted by Crippen LogP contribution is 2.01. The first kappa shape index (κ1) is 12.9. The molecule has 0 aromatic heterocycles. The summed E-state index contributed by atoms with van der Waals surface area (Å²) in [6.45, 7) is 0. The molecule has 1 N–H and O–H groups in total. The molecule has 0 atom stereocenters. The molecule has 0 amide bonds. The van der Waals surface area contributed by atoms with E-state index in [4.69, 9.17) is 11.6 Å². The number of allylic oxidation sites excluding steroid dienone is 1. The summed E-state index contributed by atoms with van der Waals surface area (Å²) in [7, 11) is 3.75. The Morgan fingerprint density at radius 3 is 2.21 bits per heavy atom. The normalized spacial score (nSPS) is 9.36. The second-order valence-corrected chi connectivity index (χ2v) is 2.92. The second kappa shape index (κ2) is 8.48. The van der Waals surface area contributed by atoms with Crippen LogP contribution in [0.15, 0.2) is 36.4 Å². The molecule has 1 aromatic rings. The van der Waals surface area contributed by atoms with Crippen LogP contribution in [0.3, 0.4) is 0 Å². The van der Waals surface area contributed by atoms with E-state index in [1.807, 2.05) is 44.4 Å². The lowest BCUT2D eigenvalue weighted by Gasteiger charge is -1.87. The van der Waals surface area contributed by atoms with Gasteiger partial charge in [0.15, 0.2) is 0 Å². The first-order chi connectivity index (χ1) is 6.70. The van der Waals surface area contributed by atoms with Crippen LogP contribution in [0.2, 0.25) is 0 Å². The summed E-state index contributed by atoms with van der Waals surface area (Å²) in [6, 6.07) is 9.52. The molecule has 0 aliphatic carbocycles. The van der Waals surface area contributed by atoms with Crippen molar-refractivity contribution in [3.63, 3.8) is 0 Å². The van der Waals surface area contributed by atoms with Gasteiger partial charge in [-0.1, -0.05) is 36.4 Å². The van der Waals surface area contributed by atoms with E-state index in [1.54, 1.807) is 6.08 Å². The third kappa shape index (κ3) is 7.53. The Labute approximate surface area is 89.6 Å². The number of halogens is 1. The maximum absolute atomic E-state index is 10.3. The van der Waals surface area contributed by atoms with Gasteiger partial charge >= 0.3 is 0 Å². The van der Waals surface area contributed by atoms with Crippen LogP contribution in [0.5, 0.6) is 0 Å². The van der Waals surface area contributed by atoms with E-state index in [0.717, 1.165) is 5.56 Å². The summed E-state index contributed by atoms with van der Waals surface area (Å²) in [6.07, 6.45) is 3.01. The van der Waals surface area contributed by atoms with Gasteiger partial charge in [0.25, 0.3) is 0 Å². The molecule has 3 heteroatoms. The minimum absolute atomic E-state index is 0.450. The molecule has 76 valence electrons. The predicted octanol–water partition coefficient (Wildman–Crippen LogP) is 2.30. The number of carbonyl (C=O) groups is 1. The Morgan fingerprint density at radius 1 is 1.29 bits per heavy atom. The Bertz CT molecular complexity index is 283. The van der Waals surface area contributed by atoms with E-state index < -0.39 is 5.24 Å². The van der Waals surface area contributed by atoms with Crippen molar-refractivity contribution < 1.29 is 4.79 Å². The van der Waals surface area contributed by atoms with Gasteiger partial charge in [-0.25, -0.2) is 0 Å². The number of rotatable bonds is 2. The zero-order valence-electron chi connectivity index (χ0n) is 8.33. The van der Waals surface area contributed by atoms with E-state index in [0.29, 0.717) is 0 Å². The maximum atomic E-state index is 10.3. The van der Waals surface area contributed by atoms with Gasteiger partial charge in [-0.15, -0.1) is 0 Å². The van der Waals surface area contributed by atoms with Gasteiger partial charge < -0.3 is 5.32 Å². The van der Waals surface area contributed by atoms with Crippen LogP contribution >= 0.6 is 11.6 Å². The Balaban J connectivity index is 0.000000500. The van der Waals surface area contributed by atoms with E-state index in [9.17, 15) is 4.79 Å². The third-order valence-electron chi connectivity index (χ3n) is 1.21. The van der Waals surface area contributed by atoms with Gasteiger partial charge in [0.1, 0.15) is 0 Å². The lowest BCUT2D eigenvalue weighted by molar-refractivity contribution is -0.107. The number of hydrogen-bond acceptors (Lipinski definition) is 2. The SMILES string of the molecule is CNC.O=C(Cl)C=Cc1ccccc1. The number of hydrogen-bond donors (Lipinski definition) is 1. The molecule has 14 heavy (non-hydrogen) atoms. The van der Waals surface area contributed by atoms with Gasteiger partial charge in [0.2, 0.25) is 5.24 Å². The summed E-state index contributed by atoms with van der Waals surface area (Å²) in [5.41, 5.74) is 0.974. The Morgan fingerprint density at radius 2 is 1.79 bits per heavy atom. The summed E-state index contributed by atoms with van der Waals surface area (Å²) in [5.74, 6) is 0. The van der Waals surface area contributed by atoms with Crippen LogP contribution in [-0.4, -0.2) is 19.3 Å². The van der Waals surface area contributed by atoms with Crippen molar-refractivity contribution in [2.75, 3.05) is 14.1 Å². The summed E-state index contributed by atoms with van der Waals surface area (Å²) < 4.78 is 0. The number of nitrogens with one attached hydrogen (secondary N) is 1. The van der Waals surface area contributed by atoms with Gasteiger partial charge in [0.05, 0.1) is 0 Å². The summed E-state index contributed by atoms with van der Waals surface area (Å²) in [5, 5.41) is 2.30. The minimum Gasteiger partial charge on any atom is -0.323 e. The molecule has 0 aliphatic rings. The zero-order chi connectivity index (χ0) is 10.8. The fourth-order valence-corrected chi connectivity index (χ4v) is 0.789. The van der Waals surface area contributed by atoms with Gasteiger partial charge in [-0.05, 0) is 37.3 Å². The molecular weight excluding hydrogens is 198 g/mol. The van der Waals surface area contributed by atoms with Crippen LogP contribution in [0.25, 0.3) is 6.08 Å². The minimum atomic E-state index is -0.450. The van der Waals surface area contributed by atoms with Crippen molar-refractivity contribution in [3.05, 3.63) is 42.0 Å². The Kier molecular flexibility index (Phi) is 7.80. The molecule has 0 fully saturated rings. The van der Waals surface area contributed by atoms with Crippen LogP contribution < -0.4 is 5.32 Å². The Hall–Kier alpha value is -1.12. The van der Waals surface area contributed by atoms with E-state index >= 15 is 0 Å². The number of benzene rings is 1. The fraction of sp³-hybridized carbons (Fsp3) is 0.182. The zero-order valence-corrected chi connectivity index (χ0v) is 9.08. The third-order valence-corrected chi connectivity index (χ3v) is 1.33. The molecule has 0 spiro atoms. The van der Waals surface area contributed by atoms with Crippen LogP contribution in [0.1, 0.15) is 5.56 Å². The van der Waals surface area contributed by atoms with Crippen molar-refractivity contribution in [2.45, 2.75) is 0 Å². The second-order valence-electron chi connectivity index (χ2n) is 2.55. The van der Waals surface area contributed by atoms with Crippen molar-refractivity contribution in [2.24, 2.45) is 0 Å². The molecule has 1 rings (SSSR count). The number of carbonyl (C=O) groups excluding carboxylic acids is 1. The molecule has 0 saturated carbocycles. The highest BCUT2D eigenvalue weighted by atomic mass is 35.5. The lowest BCUT2D eigenvalue weighted by atomic mass is 10.2. The smallest absolute Gasteiger partial charge is 0.245 e. The van der Waals surface area contributed by atoms with Crippen LogP contribution in [0, 0.1) is 0 Å². The predicted molar refractivity (Wildman–Crippen MR) is 61.3 cm³/mol. The highest BCUT2D eigenvalue weighted by molar-refractivity contribution is 6.66. The van der Waals surface area contributed by atoms with Crippen LogP contribution in [0.4, 0.5) is 0 Å². The van der Waals surface area contributed by atoms with E-state index in [-0.39, 0.29) is 0 Å². The largest absolute Gasteiger partial charge is 0.323 e. The van der Waals surface area contributed by atoms with Crippen molar-refractivity contribution in [3.8, 4) is 0 Å². The molecule has 0 radical (unpaired) electrons. The van der Waals surface area contributed by atoms with Gasteiger partial charge in [-0.2, -0.15) is 0 Å². The molecule has 0 aliphatic heterocycles. The standard InChI is InChI=1S/C9H7ClO.C2H7N/c10-9(11)7-6-8-4-2-1-3-5-8;1-3-2/h1-7H;3H,1-2H3. The van der Waals surface area contributed by atoms with E-state index in [1.165, 1.54) is 6.08 Å². The highest BCUT2D eigenvalue weighted by Gasteiger charge is 1.85. The molecule has 0 heterocycles. The van der Waals surface area contributed by atoms with E-state index in [2.05, 4.69) is 5.32 Å². The first-order valence-corrected chi connectivity index (χ1v) is 4.59. The first-order valence-electron chi connectivity index (χ1n) is 4.21. The molecule has 1 aromatic carbocycles. The average Bonchev–Trinajstić information content (AvgIpc) is 2.18. The van der Waals surface area contributed by atoms with Gasteiger partial charge in [0, 0.05) is 0 Å². The molecule has 0 bridgehead atoms. The fourth-order valence-electron chi connectivity index (χ4n) is 0.726. The average molecular weight is 212 g/mol. The van der Waals surface area contributed by atoms with Crippen molar-refractivity contribution >= 4 is 22.9 Å². The lowest BCUT2D eigenvalue weighted by Crippen LogP contribution is -1.89.